The van der Waals surface area contributed by atoms with Crippen LogP contribution in [0.25, 0.3) is 0 Å². The number of hydrogen-bond acceptors (Lipinski definition) is 12. The number of aliphatic hydroxyl groups is 3. The zero-order valence-electron chi connectivity index (χ0n) is 14.2. The molecule has 0 aliphatic heterocycles. The van der Waals surface area contributed by atoms with E-state index in [1.165, 1.54) is 0 Å². The molecule has 0 spiro atoms. The van der Waals surface area contributed by atoms with E-state index in [0.29, 0.717) is 0 Å². The summed E-state index contributed by atoms with van der Waals surface area (Å²) < 4.78 is 44.1. The summed E-state index contributed by atoms with van der Waals surface area (Å²) in [6, 6.07) is 0. The molecule has 0 saturated heterocycles. The summed E-state index contributed by atoms with van der Waals surface area (Å²) in [4.78, 5) is 58.3. The Morgan fingerprint density at radius 2 is 0.778 bits per heavy atom. The van der Waals surface area contributed by atoms with E-state index >= 15 is 0 Å². The third-order valence-corrected chi connectivity index (χ3v) is 4.31. The Balaban J connectivity index is -0.00000192. The van der Waals surface area contributed by atoms with E-state index in [4.69, 9.17) is 14.7 Å². The van der Waals surface area contributed by atoms with Crippen molar-refractivity contribution in [2.75, 3.05) is 0 Å². The van der Waals surface area contributed by atoms with Gasteiger partial charge in [-0.3, -0.25) is 13.7 Å². The van der Waals surface area contributed by atoms with Crippen LogP contribution in [-0.4, -0.2) is 66.6 Å². The number of hydrogen-bond donors (Lipinski definition) is 6. The zero-order chi connectivity index (χ0) is 19.1. The van der Waals surface area contributed by atoms with E-state index in [-0.39, 0.29) is 88.7 Å². The van der Waals surface area contributed by atoms with Crippen LogP contribution in [0.2, 0.25) is 0 Å². The molecular formula is C6H12Na3O15P3. The third kappa shape index (κ3) is 12.1. The Morgan fingerprint density at radius 1 is 0.556 bits per heavy atom. The van der Waals surface area contributed by atoms with Crippen LogP contribution < -0.4 is 103 Å². The SMILES string of the molecule is O=P([O-])(O)OC1[C@@H](OP(=O)([O-])O)[C@H](O)C(O)[C@@H](O)[C@H]1OP(=O)([O-])O.[Na+].[Na+].[Na+]. The molecule has 0 radical (unpaired) electrons. The van der Waals surface area contributed by atoms with Crippen molar-refractivity contribution < 1.29 is 161 Å². The van der Waals surface area contributed by atoms with Gasteiger partial charge in [0.15, 0.2) is 0 Å². The minimum absolute atomic E-state index is 0. The normalized spacial score (nSPS) is 37.2. The van der Waals surface area contributed by atoms with E-state index in [2.05, 4.69) is 13.6 Å². The molecule has 0 heterocycles. The average molecular weight is 486 g/mol. The predicted octanol–water partition coefficient (Wildman–Crippen LogP) is -14.4. The minimum Gasteiger partial charge on any atom is -0.756 e. The maximum absolute atomic E-state index is 10.8. The van der Waals surface area contributed by atoms with Crippen LogP contribution in [0.4, 0.5) is 0 Å². The Kier molecular flexibility index (Phi) is 16.8. The molecule has 21 heteroatoms. The summed E-state index contributed by atoms with van der Waals surface area (Å²) in [5, 5.41) is 28.8. The maximum Gasteiger partial charge on any atom is 1.00 e. The zero-order valence-corrected chi connectivity index (χ0v) is 22.8. The molecular weight excluding hydrogens is 474 g/mol. The predicted molar refractivity (Wildman–Crippen MR) is 62.1 cm³/mol. The number of phosphoric ester groups is 3. The molecule has 1 aliphatic carbocycles. The fourth-order valence-corrected chi connectivity index (χ4v) is 3.64. The second-order valence-electron chi connectivity index (χ2n) is 4.59. The van der Waals surface area contributed by atoms with Gasteiger partial charge < -0.3 is 58.3 Å². The Labute approximate surface area is 218 Å². The first kappa shape index (κ1) is 34.8. The van der Waals surface area contributed by atoms with Crippen molar-refractivity contribution in [3.05, 3.63) is 0 Å². The summed E-state index contributed by atoms with van der Waals surface area (Å²) in [5.41, 5.74) is 0. The Morgan fingerprint density at radius 3 is 1.00 bits per heavy atom. The number of phosphoric acid groups is 3. The van der Waals surface area contributed by atoms with Gasteiger partial charge in [-0.25, -0.2) is 0 Å². The molecule has 144 valence electrons. The van der Waals surface area contributed by atoms with Crippen molar-refractivity contribution in [3.63, 3.8) is 0 Å². The first-order chi connectivity index (χ1) is 10.5. The number of rotatable bonds is 6. The van der Waals surface area contributed by atoms with Crippen molar-refractivity contribution in [2.24, 2.45) is 0 Å². The topological polar surface area (TPSA) is 269 Å². The second kappa shape index (κ2) is 13.0. The fraction of sp³-hybridized carbons (Fsp3) is 1.00. The van der Waals surface area contributed by atoms with Crippen molar-refractivity contribution in [3.8, 4) is 0 Å². The summed E-state index contributed by atoms with van der Waals surface area (Å²) >= 11 is 0. The molecule has 0 aromatic heterocycles. The molecule has 0 aromatic carbocycles. The Hall–Kier alpha value is 3.21. The molecule has 9 atom stereocenters. The van der Waals surface area contributed by atoms with E-state index < -0.39 is 60.1 Å². The van der Waals surface area contributed by atoms with Crippen molar-refractivity contribution in [1.82, 2.24) is 0 Å². The number of aliphatic hydroxyl groups excluding tert-OH is 3. The third-order valence-electron chi connectivity index (χ3n) is 2.79. The largest absolute Gasteiger partial charge is 1.00 e. The van der Waals surface area contributed by atoms with Crippen molar-refractivity contribution in [2.45, 2.75) is 36.6 Å². The molecule has 27 heavy (non-hydrogen) atoms. The molecule has 0 bridgehead atoms. The first-order valence-electron chi connectivity index (χ1n) is 5.72. The quantitative estimate of drug-likeness (QED) is 0.150. The summed E-state index contributed by atoms with van der Waals surface area (Å²) in [6.07, 6.45) is -15.0. The molecule has 5 unspecified atom stereocenters. The van der Waals surface area contributed by atoms with Gasteiger partial charge in [0, 0.05) is 0 Å². The van der Waals surface area contributed by atoms with Gasteiger partial charge in [0.2, 0.25) is 0 Å². The van der Waals surface area contributed by atoms with Crippen LogP contribution in [0.15, 0.2) is 0 Å². The van der Waals surface area contributed by atoms with E-state index in [0.717, 1.165) is 0 Å². The average Bonchev–Trinajstić information content (AvgIpc) is 2.32. The molecule has 1 aliphatic rings. The van der Waals surface area contributed by atoms with Crippen LogP contribution in [0, 0.1) is 0 Å². The molecule has 0 aromatic rings. The van der Waals surface area contributed by atoms with Crippen LogP contribution >= 0.6 is 23.5 Å². The van der Waals surface area contributed by atoms with Gasteiger partial charge in [-0.05, 0) is 0 Å². The molecule has 6 N–H and O–H groups in total. The maximum atomic E-state index is 10.8. The second-order valence-corrected chi connectivity index (χ2v) is 8.03. The summed E-state index contributed by atoms with van der Waals surface area (Å²) in [6.45, 7) is 0. The van der Waals surface area contributed by atoms with Gasteiger partial charge in [0.1, 0.15) is 36.6 Å². The van der Waals surface area contributed by atoms with Gasteiger partial charge in [-0.15, -0.1) is 0 Å². The van der Waals surface area contributed by atoms with Crippen LogP contribution in [0.5, 0.6) is 0 Å². The van der Waals surface area contributed by atoms with Gasteiger partial charge >= 0.3 is 88.7 Å². The van der Waals surface area contributed by atoms with Crippen molar-refractivity contribution >= 4 is 23.5 Å². The van der Waals surface area contributed by atoms with Crippen LogP contribution in [0.1, 0.15) is 0 Å². The molecule has 1 saturated carbocycles. The fourth-order valence-electron chi connectivity index (χ4n) is 1.99. The molecule has 1 fully saturated rings. The first-order valence-corrected chi connectivity index (χ1v) is 10.2. The standard InChI is InChI=1S/C6H15O15P3.3Na/c7-1-2(8)4(19-22(10,11)12)6(21-24(16,17)18)5(3(1)9)20-23(13,14)15;;;/h1-9H,(H2,10,11,12)(H2,13,14,15)(H2,16,17,18);;;/q;3*+1/p-3/t1?,2-,3-,4-,5+,6?;;;/m1.../s1. The van der Waals surface area contributed by atoms with Crippen LogP contribution in [-0.2, 0) is 27.3 Å². The van der Waals surface area contributed by atoms with Crippen molar-refractivity contribution in [1.29, 1.82) is 0 Å². The van der Waals surface area contributed by atoms with E-state index in [1.54, 1.807) is 0 Å². The van der Waals surface area contributed by atoms with Gasteiger partial charge in [0.25, 0.3) is 23.5 Å². The molecule has 0 amide bonds. The monoisotopic (exact) mass is 486 g/mol. The van der Waals surface area contributed by atoms with Crippen LogP contribution in [0.3, 0.4) is 0 Å². The molecule has 1 rings (SSSR count). The van der Waals surface area contributed by atoms with E-state index in [1.807, 2.05) is 0 Å². The molecule has 15 nitrogen and oxygen atoms in total. The summed E-state index contributed by atoms with van der Waals surface area (Å²) in [5.74, 6) is 0. The van der Waals surface area contributed by atoms with Gasteiger partial charge in [-0.2, -0.15) is 0 Å². The summed E-state index contributed by atoms with van der Waals surface area (Å²) in [7, 11) is -17.2. The van der Waals surface area contributed by atoms with Gasteiger partial charge in [-0.1, -0.05) is 0 Å². The minimum atomic E-state index is -5.77. The Bertz CT molecular complexity index is 549. The van der Waals surface area contributed by atoms with E-state index in [9.17, 15) is 43.7 Å². The van der Waals surface area contributed by atoms with Gasteiger partial charge in [0.05, 0.1) is 0 Å². The smallest absolute Gasteiger partial charge is 0.756 e.